The van der Waals surface area contributed by atoms with Crippen LogP contribution >= 0.6 is 0 Å². The minimum absolute atomic E-state index is 0.908. The molecule has 12 heavy (non-hydrogen) atoms. The molecule has 63 valence electrons. The number of hydrogen-bond donors (Lipinski definition) is 1. The molecule has 0 bridgehead atoms. The van der Waals surface area contributed by atoms with Gasteiger partial charge in [-0.05, 0) is 43.4 Å². The minimum Gasteiger partial charge on any atom is -0.385 e. The third-order valence-electron chi connectivity index (χ3n) is 2.46. The first-order valence-electron chi connectivity index (χ1n) is 4.55. The van der Waals surface area contributed by atoms with E-state index in [1.807, 2.05) is 0 Å². The van der Waals surface area contributed by atoms with Crippen LogP contribution in [0.3, 0.4) is 0 Å². The normalized spacial score (nSPS) is 15.1. The van der Waals surface area contributed by atoms with Crippen molar-refractivity contribution >= 4 is 5.69 Å². The number of nitrogens with one attached hydrogen (secondary N) is 1. The van der Waals surface area contributed by atoms with E-state index in [0.717, 1.165) is 13.0 Å². The highest BCUT2D eigenvalue weighted by molar-refractivity contribution is 5.56. The highest BCUT2D eigenvalue weighted by Gasteiger charge is 2.10. The smallest absolute Gasteiger partial charge is 0.0375 e. The molecule has 0 aliphatic carbocycles. The van der Waals surface area contributed by atoms with Crippen LogP contribution in [0.15, 0.2) is 18.2 Å². The number of anilines is 1. The Kier molecular flexibility index (Phi) is 2.03. The van der Waals surface area contributed by atoms with Gasteiger partial charge in [-0.15, -0.1) is 0 Å². The maximum atomic E-state index is 3.94. The number of hydrogen-bond acceptors (Lipinski definition) is 1. The molecule has 1 radical (unpaired) electrons. The summed E-state index contributed by atoms with van der Waals surface area (Å²) in [5.41, 5.74) is 4.21. The van der Waals surface area contributed by atoms with Crippen LogP contribution in [-0.4, -0.2) is 6.54 Å². The zero-order valence-electron chi connectivity index (χ0n) is 7.27. The summed E-state index contributed by atoms with van der Waals surface area (Å²) < 4.78 is 0. The fourth-order valence-electron chi connectivity index (χ4n) is 1.82. The van der Waals surface area contributed by atoms with E-state index in [4.69, 9.17) is 0 Å². The van der Waals surface area contributed by atoms with Crippen molar-refractivity contribution in [3.63, 3.8) is 0 Å². The summed E-state index contributed by atoms with van der Waals surface area (Å²) in [5, 5.41) is 3.41. The summed E-state index contributed by atoms with van der Waals surface area (Å²) >= 11 is 0. The van der Waals surface area contributed by atoms with Crippen LogP contribution in [0.2, 0.25) is 0 Å². The zero-order valence-corrected chi connectivity index (χ0v) is 7.27. The molecule has 1 aliphatic rings. The van der Waals surface area contributed by atoms with Crippen molar-refractivity contribution in [2.75, 3.05) is 11.9 Å². The molecule has 1 heterocycles. The molecule has 0 atom stereocenters. The van der Waals surface area contributed by atoms with Crippen LogP contribution in [0.4, 0.5) is 5.69 Å². The van der Waals surface area contributed by atoms with Crippen LogP contribution < -0.4 is 5.32 Å². The molecule has 1 aromatic carbocycles. The standard InChI is InChI=1S/C11H14N/c1-2-9-5-3-7-11-10(9)6-4-8-12-11/h3,5,7,12H,1-2,4,6,8H2. The van der Waals surface area contributed by atoms with Gasteiger partial charge in [0, 0.05) is 12.2 Å². The van der Waals surface area contributed by atoms with Gasteiger partial charge in [0.15, 0.2) is 0 Å². The summed E-state index contributed by atoms with van der Waals surface area (Å²) in [5.74, 6) is 0. The number of benzene rings is 1. The van der Waals surface area contributed by atoms with Crippen LogP contribution in [0.1, 0.15) is 17.5 Å². The van der Waals surface area contributed by atoms with Gasteiger partial charge in [0.1, 0.15) is 0 Å². The molecule has 0 aromatic heterocycles. The monoisotopic (exact) mass is 160 g/mol. The SMILES string of the molecule is [CH2]Cc1cccc2c1CCCN2. The molecule has 0 spiro atoms. The van der Waals surface area contributed by atoms with Crippen molar-refractivity contribution in [2.45, 2.75) is 19.3 Å². The number of fused-ring (bicyclic) bond motifs is 1. The lowest BCUT2D eigenvalue weighted by Crippen LogP contribution is -2.13. The second-order valence-electron chi connectivity index (χ2n) is 3.22. The Morgan fingerprint density at radius 1 is 1.42 bits per heavy atom. The van der Waals surface area contributed by atoms with Crippen molar-refractivity contribution in [3.05, 3.63) is 36.2 Å². The second-order valence-corrected chi connectivity index (χ2v) is 3.22. The topological polar surface area (TPSA) is 12.0 Å². The molecular formula is C11H14N. The van der Waals surface area contributed by atoms with E-state index in [1.165, 1.54) is 29.7 Å². The summed E-state index contributed by atoms with van der Waals surface area (Å²) in [6, 6.07) is 6.45. The zero-order chi connectivity index (χ0) is 8.39. The van der Waals surface area contributed by atoms with E-state index >= 15 is 0 Å². The van der Waals surface area contributed by atoms with E-state index < -0.39 is 0 Å². The van der Waals surface area contributed by atoms with Crippen molar-refractivity contribution in [1.82, 2.24) is 0 Å². The van der Waals surface area contributed by atoms with Crippen LogP contribution in [-0.2, 0) is 12.8 Å². The summed E-state index contributed by atoms with van der Waals surface area (Å²) in [6.45, 7) is 5.05. The molecule has 2 rings (SSSR count). The third-order valence-corrected chi connectivity index (χ3v) is 2.46. The van der Waals surface area contributed by atoms with Crippen molar-refractivity contribution in [3.8, 4) is 0 Å². The van der Waals surface area contributed by atoms with Gasteiger partial charge in [0.2, 0.25) is 0 Å². The van der Waals surface area contributed by atoms with Gasteiger partial charge in [0.05, 0.1) is 0 Å². The molecule has 1 nitrogen and oxygen atoms in total. The van der Waals surface area contributed by atoms with Gasteiger partial charge in [-0.1, -0.05) is 12.1 Å². The van der Waals surface area contributed by atoms with E-state index in [2.05, 4.69) is 30.4 Å². The van der Waals surface area contributed by atoms with Crippen LogP contribution in [0.25, 0.3) is 0 Å². The average molecular weight is 160 g/mol. The Bertz CT molecular complexity index is 264. The van der Waals surface area contributed by atoms with Gasteiger partial charge in [-0.25, -0.2) is 0 Å². The average Bonchev–Trinajstić information content (AvgIpc) is 2.17. The Morgan fingerprint density at radius 2 is 2.33 bits per heavy atom. The van der Waals surface area contributed by atoms with Gasteiger partial charge in [-0.2, -0.15) is 0 Å². The highest BCUT2D eigenvalue weighted by atomic mass is 14.9. The Morgan fingerprint density at radius 3 is 3.17 bits per heavy atom. The first-order valence-corrected chi connectivity index (χ1v) is 4.55. The molecule has 0 saturated carbocycles. The quantitative estimate of drug-likeness (QED) is 0.665. The molecular weight excluding hydrogens is 146 g/mol. The van der Waals surface area contributed by atoms with Crippen molar-refractivity contribution < 1.29 is 0 Å². The highest BCUT2D eigenvalue weighted by Crippen LogP contribution is 2.25. The molecule has 0 unspecified atom stereocenters. The Labute approximate surface area is 73.8 Å². The van der Waals surface area contributed by atoms with E-state index in [9.17, 15) is 0 Å². The largest absolute Gasteiger partial charge is 0.385 e. The first kappa shape index (κ1) is 7.66. The predicted octanol–water partition coefficient (Wildman–Crippen LogP) is 2.42. The summed E-state index contributed by atoms with van der Waals surface area (Å²) in [7, 11) is 0. The summed E-state index contributed by atoms with van der Waals surface area (Å²) in [6.07, 6.45) is 3.38. The maximum Gasteiger partial charge on any atom is 0.0375 e. The molecule has 0 fully saturated rings. The van der Waals surface area contributed by atoms with E-state index in [0.29, 0.717) is 0 Å². The van der Waals surface area contributed by atoms with Gasteiger partial charge in [-0.3, -0.25) is 0 Å². The minimum atomic E-state index is 0.908. The lowest BCUT2D eigenvalue weighted by atomic mass is 9.96. The van der Waals surface area contributed by atoms with Gasteiger partial charge in [0.25, 0.3) is 0 Å². The fraction of sp³-hybridized carbons (Fsp3) is 0.364. The molecule has 1 aromatic rings. The molecule has 1 heteroatoms. The Hall–Kier alpha value is -0.980. The molecule has 1 N–H and O–H groups in total. The lowest BCUT2D eigenvalue weighted by molar-refractivity contribution is 0.820. The predicted molar refractivity (Wildman–Crippen MR) is 52.3 cm³/mol. The van der Waals surface area contributed by atoms with Crippen molar-refractivity contribution in [2.24, 2.45) is 0 Å². The van der Waals surface area contributed by atoms with E-state index in [-0.39, 0.29) is 0 Å². The number of rotatable bonds is 1. The summed E-state index contributed by atoms with van der Waals surface area (Å²) in [4.78, 5) is 0. The van der Waals surface area contributed by atoms with Crippen LogP contribution in [0, 0.1) is 6.92 Å². The molecule has 0 amide bonds. The maximum absolute atomic E-state index is 3.94. The first-order chi connectivity index (χ1) is 5.92. The fourth-order valence-corrected chi connectivity index (χ4v) is 1.82. The second kappa shape index (κ2) is 3.18. The van der Waals surface area contributed by atoms with Gasteiger partial charge < -0.3 is 5.32 Å². The molecule has 0 saturated heterocycles. The third kappa shape index (κ3) is 1.20. The Balaban J connectivity index is 2.44. The van der Waals surface area contributed by atoms with Gasteiger partial charge >= 0.3 is 0 Å². The van der Waals surface area contributed by atoms with E-state index in [1.54, 1.807) is 0 Å². The molecule has 1 aliphatic heterocycles. The lowest BCUT2D eigenvalue weighted by Gasteiger charge is -2.20. The van der Waals surface area contributed by atoms with Crippen molar-refractivity contribution in [1.29, 1.82) is 0 Å². The van der Waals surface area contributed by atoms with Crippen LogP contribution in [0.5, 0.6) is 0 Å².